The summed E-state index contributed by atoms with van der Waals surface area (Å²) in [6.45, 7) is 0.642. The first-order valence-electron chi connectivity index (χ1n) is 9.45. The number of rotatable bonds is 2. The topological polar surface area (TPSA) is 61.9 Å². The van der Waals surface area contributed by atoms with Gasteiger partial charge in [0.25, 0.3) is 5.91 Å². The lowest BCUT2D eigenvalue weighted by Gasteiger charge is -2.33. The van der Waals surface area contributed by atoms with Gasteiger partial charge in [-0.2, -0.15) is 0 Å². The molecule has 0 aliphatic carbocycles. The lowest BCUT2D eigenvalue weighted by molar-refractivity contribution is 0.0693. The van der Waals surface area contributed by atoms with Crippen molar-refractivity contribution >= 4 is 48.9 Å². The van der Waals surface area contributed by atoms with Crippen LogP contribution in [0.5, 0.6) is 0 Å². The molecule has 0 saturated carbocycles. The molecule has 3 aromatic heterocycles. The van der Waals surface area contributed by atoms with E-state index in [0.29, 0.717) is 11.6 Å². The first-order chi connectivity index (χ1) is 14.3. The van der Waals surface area contributed by atoms with E-state index in [9.17, 15) is 4.79 Å². The number of carbonyl (C=O) groups is 1. The lowest BCUT2D eigenvalue weighted by Crippen LogP contribution is -2.40. The average molecular weight is 417 g/mol. The monoisotopic (exact) mass is 416 g/mol. The Bertz CT molecular complexity index is 1300. The maximum Gasteiger partial charge on any atom is 0.283 e. The highest BCUT2D eigenvalue weighted by Gasteiger charge is 2.36. The van der Waals surface area contributed by atoms with Crippen molar-refractivity contribution in [2.45, 2.75) is 12.5 Å². The number of amides is 1. The van der Waals surface area contributed by atoms with E-state index in [4.69, 9.17) is 0 Å². The molecule has 1 amide bonds. The van der Waals surface area contributed by atoms with Crippen LogP contribution in [0.2, 0.25) is 0 Å². The van der Waals surface area contributed by atoms with Crippen LogP contribution in [0.25, 0.3) is 20.3 Å². The quantitative estimate of drug-likeness (QED) is 0.439. The fourth-order valence-corrected chi connectivity index (χ4v) is 6.11. The number of aromatic nitrogens is 3. The molecule has 142 valence electrons. The molecule has 0 bridgehead atoms. The van der Waals surface area contributed by atoms with Crippen LogP contribution in [0.1, 0.15) is 32.1 Å². The number of fused-ring (bicyclic) bond motifs is 3. The zero-order valence-corrected chi connectivity index (χ0v) is 17.0. The predicted octanol–water partition coefficient (Wildman–Crippen LogP) is 5.02. The number of hydrogen-bond acceptors (Lipinski definition) is 5. The highest BCUT2D eigenvalue weighted by molar-refractivity contribution is 7.20. The molecule has 7 heteroatoms. The number of benzene rings is 2. The molecule has 4 heterocycles. The zero-order chi connectivity index (χ0) is 19.4. The van der Waals surface area contributed by atoms with Crippen molar-refractivity contribution in [1.82, 2.24) is 19.9 Å². The second-order valence-corrected chi connectivity index (χ2v) is 9.24. The fraction of sp³-hybridized carbons (Fsp3) is 0.136. The summed E-state index contributed by atoms with van der Waals surface area (Å²) in [6.07, 6.45) is 2.50. The average Bonchev–Trinajstić information content (AvgIpc) is 3.49. The van der Waals surface area contributed by atoms with Gasteiger partial charge in [0.15, 0.2) is 5.01 Å². The number of para-hydroxylation sites is 1. The van der Waals surface area contributed by atoms with E-state index in [1.54, 1.807) is 17.7 Å². The molecule has 0 radical (unpaired) electrons. The minimum absolute atomic E-state index is 0.0256. The third kappa shape index (κ3) is 2.69. The smallest absolute Gasteiger partial charge is 0.283 e. The van der Waals surface area contributed by atoms with E-state index in [1.807, 2.05) is 41.3 Å². The summed E-state index contributed by atoms with van der Waals surface area (Å²) in [5, 5.41) is 1.74. The molecule has 1 N–H and O–H groups in total. The number of hydrogen-bond donors (Lipinski definition) is 1. The lowest BCUT2D eigenvalue weighted by atomic mass is 10.0. The molecule has 0 fully saturated rings. The number of thiazole rings is 1. The number of nitrogens with zero attached hydrogens (tertiary/aromatic N) is 3. The first kappa shape index (κ1) is 16.9. The van der Waals surface area contributed by atoms with Gasteiger partial charge in [0.2, 0.25) is 0 Å². The standard InChI is InChI=1S/C22H16N4OS2/c27-22(21-25-14-6-2-4-8-17(14)29-21)26-10-9-15-19(24-12-23-15)20(26)18-11-13-5-1-3-7-16(13)28-18/h1-8,11-12,20H,9-10H2,(H,23,24)/t20-/m0/s1. The second kappa shape index (κ2) is 6.50. The maximum absolute atomic E-state index is 13.5. The molecule has 0 spiro atoms. The largest absolute Gasteiger partial charge is 0.348 e. The van der Waals surface area contributed by atoms with E-state index in [2.05, 4.69) is 33.2 Å². The van der Waals surface area contributed by atoms with Gasteiger partial charge in [0.1, 0.15) is 6.04 Å². The van der Waals surface area contributed by atoms with Gasteiger partial charge in [-0.25, -0.2) is 9.97 Å². The molecule has 5 aromatic rings. The summed E-state index contributed by atoms with van der Waals surface area (Å²) in [4.78, 5) is 29.1. The van der Waals surface area contributed by atoms with Crippen molar-refractivity contribution in [3.63, 3.8) is 0 Å². The van der Waals surface area contributed by atoms with E-state index in [-0.39, 0.29) is 11.9 Å². The third-order valence-electron chi connectivity index (χ3n) is 5.38. The molecule has 0 unspecified atom stereocenters. The van der Waals surface area contributed by atoms with Crippen LogP contribution in [-0.2, 0) is 6.42 Å². The summed E-state index contributed by atoms with van der Waals surface area (Å²) in [5.41, 5.74) is 2.93. The minimum Gasteiger partial charge on any atom is -0.348 e. The SMILES string of the molecule is O=C(c1nc2ccccc2s1)N1CCc2[nH]cnc2[C@@H]1c1cc2ccccc2s1. The van der Waals surface area contributed by atoms with Gasteiger partial charge in [-0.15, -0.1) is 22.7 Å². The maximum atomic E-state index is 13.5. The van der Waals surface area contributed by atoms with E-state index in [1.165, 1.54) is 21.4 Å². The summed E-state index contributed by atoms with van der Waals surface area (Å²) in [5.74, 6) is -0.0256. The summed E-state index contributed by atoms with van der Waals surface area (Å²) in [7, 11) is 0. The number of nitrogens with one attached hydrogen (secondary N) is 1. The van der Waals surface area contributed by atoms with E-state index < -0.39 is 0 Å². The molecule has 1 aliphatic heterocycles. The van der Waals surface area contributed by atoms with Crippen molar-refractivity contribution in [3.05, 3.63) is 82.2 Å². The Morgan fingerprint density at radius 3 is 2.76 bits per heavy atom. The second-order valence-electron chi connectivity index (χ2n) is 7.09. The van der Waals surface area contributed by atoms with Crippen molar-refractivity contribution in [2.24, 2.45) is 0 Å². The summed E-state index contributed by atoms with van der Waals surface area (Å²) < 4.78 is 2.25. The van der Waals surface area contributed by atoms with Gasteiger partial charge >= 0.3 is 0 Å². The molecule has 0 saturated heterocycles. The molecule has 1 aliphatic rings. The minimum atomic E-state index is -0.193. The Labute approximate surface area is 174 Å². The Balaban J connectivity index is 1.47. The van der Waals surface area contributed by atoms with Crippen molar-refractivity contribution < 1.29 is 4.79 Å². The number of H-pyrrole nitrogens is 1. The molecular formula is C22H16N4OS2. The van der Waals surface area contributed by atoms with Crippen molar-refractivity contribution in [1.29, 1.82) is 0 Å². The Kier molecular flexibility index (Phi) is 3.79. The Morgan fingerprint density at radius 1 is 1.07 bits per heavy atom. The highest BCUT2D eigenvalue weighted by Crippen LogP contribution is 2.40. The molecule has 5 nitrogen and oxygen atoms in total. The van der Waals surface area contributed by atoms with Crippen LogP contribution in [-0.4, -0.2) is 32.3 Å². The molecule has 2 aromatic carbocycles. The van der Waals surface area contributed by atoms with E-state index >= 15 is 0 Å². The number of imidazole rings is 1. The van der Waals surface area contributed by atoms with Crippen LogP contribution in [0, 0.1) is 0 Å². The molecule has 1 atom stereocenters. The van der Waals surface area contributed by atoms with Crippen LogP contribution in [0.4, 0.5) is 0 Å². The predicted molar refractivity (Wildman–Crippen MR) is 117 cm³/mol. The van der Waals surface area contributed by atoms with Crippen LogP contribution >= 0.6 is 22.7 Å². The summed E-state index contributed by atoms with van der Waals surface area (Å²) >= 11 is 3.18. The number of thiophene rings is 1. The number of aromatic amines is 1. The third-order valence-corrected chi connectivity index (χ3v) is 7.57. The molecule has 6 rings (SSSR count). The normalized spacial score (nSPS) is 16.4. The Hall–Kier alpha value is -3.03. The van der Waals surface area contributed by atoms with Gasteiger partial charge < -0.3 is 9.88 Å². The van der Waals surface area contributed by atoms with Gasteiger partial charge in [-0.1, -0.05) is 30.3 Å². The first-order valence-corrected chi connectivity index (χ1v) is 11.1. The molecule has 29 heavy (non-hydrogen) atoms. The van der Waals surface area contributed by atoms with Crippen molar-refractivity contribution in [3.8, 4) is 0 Å². The number of carbonyl (C=O) groups excluding carboxylic acids is 1. The van der Waals surface area contributed by atoms with Crippen LogP contribution in [0.15, 0.2) is 60.9 Å². The Morgan fingerprint density at radius 2 is 1.90 bits per heavy atom. The van der Waals surface area contributed by atoms with E-state index in [0.717, 1.165) is 32.9 Å². The van der Waals surface area contributed by atoms with Gasteiger partial charge in [0.05, 0.1) is 22.2 Å². The van der Waals surface area contributed by atoms with Gasteiger partial charge in [0, 0.05) is 28.2 Å². The van der Waals surface area contributed by atoms with Crippen molar-refractivity contribution in [2.75, 3.05) is 6.54 Å². The van der Waals surface area contributed by atoms with Crippen LogP contribution in [0.3, 0.4) is 0 Å². The fourth-order valence-electron chi connectivity index (χ4n) is 4.01. The zero-order valence-electron chi connectivity index (χ0n) is 15.3. The van der Waals surface area contributed by atoms with Gasteiger partial charge in [-0.3, -0.25) is 4.79 Å². The van der Waals surface area contributed by atoms with Crippen LogP contribution < -0.4 is 0 Å². The molecular weight excluding hydrogens is 400 g/mol. The van der Waals surface area contributed by atoms with Gasteiger partial charge in [-0.05, 0) is 29.7 Å². The summed E-state index contributed by atoms with van der Waals surface area (Å²) in [6, 6.07) is 18.2. The highest BCUT2D eigenvalue weighted by atomic mass is 32.1.